The second kappa shape index (κ2) is 4.69. The number of carbonyl (C=O) groups is 2. The Balaban J connectivity index is 1.60. The Hall–Kier alpha value is -1.62. The van der Waals surface area contributed by atoms with Gasteiger partial charge in [-0.15, -0.1) is 0 Å². The third-order valence-corrected chi connectivity index (χ3v) is 6.07. The van der Waals surface area contributed by atoms with Crippen molar-refractivity contribution in [3.63, 3.8) is 0 Å². The highest BCUT2D eigenvalue weighted by Gasteiger charge is 2.70. The largest absolute Gasteiger partial charge is 0.481 e. The van der Waals surface area contributed by atoms with Gasteiger partial charge in [0.05, 0.1) is 11.8 Å². The standard InChI is InChI=1S/C17H16BrNO3/c18-9-1-3-10(4-2-9)19-15(20)13-11-5-6-12(14(13)16(21)22)17(11)7-8-17/h1-6,11-14H,7-8H2,(H,19,20)(H,21,22)/t11-,12+,13+,14+/m0/s1. The molecular weight excluding hydrogens is 346 g/mol. The maximum Gasteiger partial charge on any atom is 0.307 e. The van der Waals surface area contributed by atoms with Crippen molar-refractivity contribution in [2.24, 2.45) is 29.1 Å². The molecule has 1 spiro atoms. The van der Waals surface area contributed by atoms with Gasteiger partial charge in [0.2, 0.25) is 5.91 Å². The summed E-state index contributed by atoms with van der Waals surface area (Å²) in [5.74, 6) is -1.96. The van der Waals surface area contributed by atoms with Crippen LogP contribution in [0.25, 0.3) is 0 Å². The van der Waals surface area contributed by atoms with Crippen molar-refractivity contribution in [1.82, 2.24) is 0 Å². The molecule has 0 heterocycles. The van der Waals surface area contributed by atoms with E-state index in [1.807, 2.05) is 30.3 Å². The summed E-state index contributed by atoms with van der Waals surface area (Å²) < 4.78 is 0.939. The van der Waals surface area contributed by atoms with Crippen LogP contribution in [0.4, 0.5) is 5.69 Å². The molecule has 0 unspecified atom stereocenters. The highest BCUT2D eigenvalue weighted by Crippen LogP contribution is 2.72. The monoisotopic (exact) mass is 361 g/mol. The number of benzene rings is 1. The molecule has 1 aromatic rings. The lowest BCUT2D eigenvalue weighted by atomic mass is 9.82. The molecule has 2 saturated carbocycles. The van der Waals surface area contributed by atoms with Gasteiger partial charge >= 0.3 is 5.97 Å². The second-order valence-corrected chi connectivity index (χ2v) is 7.47. The number of carboxylic acids is 1. The Labute approximate surface area is 136 Å². The summed E-state index contributed by atoms with van der Waals surface area (Å²) in [5.41, 5.74) is 0.763. The van der Waals surface area contributed by atoms with Gasteiger partial charge in [-0.25, -0.2) is 0 Å². The number of hydrogen-bond donors (Lipinski definition) is 2. The molecule has 4 nitrogen and oxygen atoms in total. The summed E-state index contributed by atoms with van der Waals surface area (Å²) in [6.45, 7) is 0. The number of carboxylic acid groups (broad SMARTS) is 1. The molecule has 0 aliphatic heterocycles. The van der Waals surface area contributed by atoms with Crippen molar-refractivity contribution in [3.05, 3.63) is 40.9 Å². The van der Waals surface area contributed by atoms with Crippen molar-refractivity contribution < 1.29 is 14.7 Å². The third kappa shape index (κ3) is 1.88. The van der Waals surface area contributed by atoms with Crippen LogP contribution < -0.4 is 5.32 Å². The number of nitrogens with one attached hydrogen (secondary N) is 1. The summed E-state index contributed by atoms with van der Waals surface area (Å²) in [7, 11) is 0. The summed E-state index contributed by atoms with van der Waals surface area (Å²) >= 11 is 3.36. The maximum absolute atomic E-state index is 12.7. The summed E-state index contributed by atoms with van der Waals surface area (Å²) in [4.78, 5) is 24.4. The second-order valence-electron chi connectivity index (χ2n) is 6.56. The Bertz CT molecular complexity index is 678. The molecule has 0 radical (unpaired) electrons. The number of hydrogen-bond acceptors (Lipinski definition) is 2. The smallest absolute Gasteiger partial charge is 0.307 e. The molecule has 2 bridgehead atoms. The Kier molecular flexibility index (Phi) is 2.98. The summed E-state index contributed by atoms with van der Waals surface area (Å²) in [6.07, 6.45) is 6.19. The molecule has 1 amide bonds. The van der Waals surface area contributed by atoms with Crippen LogP contribution in [0.15, 0.2) is 40.9 Å². The number of allylic oxidation sites excluding steroid dienone is 2. The van der Waals surface area contributed by atoms with Gasteiger partial charge < -0.3 is 10.4 Å². The third-order valence-electron chi connectivity index (χ3n) is 5.54. The lowest BCUT2D eigenvalue weighted by Crippen LogP contribution is -2.36. The van der Waals surface area contributed by atoms with Crippen LogP contribution in [0.5, 0.6) is 0 Å². The van der Waals surface area contributed by atoms with Crippen molar-refractivity contribution in [2.75, 3.05) is 5.32 Å². The van der Waals surface area contributed by atoms with Gasteiger partial charge in [0, 0.05) is 10.2 Å². The first kappa shape index (κ1) is 14.0. The summed E-state index contributed by atoms with van der Waals surface area (Å²) in [6, 6.07) is 7.34. The minimum atomic E-state index is -0.848. The van der Waals surface area contributed by atoms with Crippen LogP contribution in [0.3, 0.4) is 0 Å². The normalized spacial score (nSPS) is 33.1. The highest BCUT2D eigenvalue weighted by atomic mass is 79.9. The van der Waals surface area contributed by atoms with Gasteiger partial charge in [0.1, 0.15) is 0 Å². The predicted molar refractivity (Wildman–Crippen MR) is 85.2 cm³/mol. The molecule has 2 N–H and O–H groups in total. The zero-order valence-corrected chi connectivity index (χ0v) is 13.4. The number of carbonyl (C=O) groups excluding carboxylic acids is 1. The Morgan fingerprint density at radius 1 is 1.09 bits per heavy atom. The zero-order valence-electron chi connectivity index (χ0n) is 11.8. The van der Waals surface area contributed by atoms with E-state index in [2.05, 4.69) is 27.3 Å². The molecule has 22 heavy (non-hydrogen) atoms. The first-order valence-corrected chi connectivity index (χ1v) is 8.30. The topological polar surface area (TPSA) is 66.4 Å². The number of anilines is 1. The van der Waals surface area contributed by atoms with Crippen molar-refractivity contribution in [1.29, 1.82) is 0 Å². The van der Waals surface area contributed by atoms with Gasteiger partial charge in [0.15, 0.2) is 0 Å². The van der Waals surface area contributed by atoms with Crippen LogP contribution in [0.1, 0.15) is 12.8 Å². The minimum absolute atomic E-state index is 0.0238. The maximum atomic E-state index is 12.7. The van der Waals surface area contributed by atoms with Crippen molar-refractivity contribution in [3.8, 4) is 0 Å². The lowest BCUT2D eigenvalue weighted by Gasteiger charge is -2.23. The minimum Gasteiger partial charge on any atom is -0.481 e. The summed E-state index contributed by atoms with van der Waals surface area (Å²) in [5, 5.41) is 12.5. The fraction of sp³-hybridized carbons (Fsp3) is 0.412. The van der Waals surface area contributed by atoms with E-state index in [1.165, 1.54) is 0 Å². The molecule has 1 aromatic carbocycles. The van der Waals surface area contributed by atoms with Gasteiger partial charge in [-0.1, -0.05) is 28.1 Å². The first-order chi connectivity index (χ1) is 10.5. The van der Waals surface area contributed by atoms with E-state index < -0.39 is 17.8 Å². The molecule has 4 atom stereocenters. The van der Waals surface area contributed by atoms with E-state index in [0.29, 0.717) is 5.69 Å². The molecule has 2 fully saturated rings. The molecule has 114 valence electrons. The average Bonchev–Trinajstić information content (AvgIpc) is 3.15. The quantitative estimate of drug-likeness (QED) is 0.811. The predicted octanol–water partition coefficient (Wildman–Crippen LogP) is 3.30. The molecule has 0 aromatic heterocycles. The zero-order chi connectivity index (χ0) is 15.5. The highest BCUT2D eigenvalue weighted by molar-refractivity contribution is 9.10. The van der Waals surface area contributed by atoms with Crippen molar-refractivity contribution in [2.45, 2.75) is 12.8 Å². The number of amides is 1. The molecule has 3 aliphatic carbocycles. The van der Waals surface area contributed by atoms with E-state index in [4.69, 9.17) is 0 Å². The fourth-order valence-electron chi connectivity index (χ4n) is 4.45. The van der Waals surface area contributed by atoms with E-state index in [1.54, 1.807) is 0 Å². The average molecular weight is 362 g/mol. The van der Waals surface area contributed by atoms with Gasteiger partial charge in [-0.3, -0.25) is 9.59 Å². The van der Waals surface area contributed by atoms with E-state index >= 15 is 0 Å². The van der Waals surface area contributed by atoms with Crippen LogP contribution in [0, 0.1) is 29.1 Å². The van der Waals surface area contributed by atoms with Gasteiger partial charge in [-0.2, -0.15) is 0 Å². The van der Waals surface area contributed by atoms with Crippen LogP contribution in [-0.4, -0.2) is 17.0 Å². The van der Waals surface area contributed by atoms with E-state index in [9.17, 15) is 14.7 Å². The fourth-order valence-corrected chi connectivity index (χ4v) is 4.71. The molecule has 5 heteroatoms. The van der Waals surface area contributed by atoms with Crippen LogP contribution in [0.2, 0.25) is 0 Å². The molecule has 0 saturated heterocycles. The SMILES string of the molecule is O=C(O)[C@H]1[C@H](C(=O)Nc2ccc(Br)cc2)[C@@H]2C=C[C@H]1C21CC1. The van der Waals surface area contributed by atoms with E-state index in [0.717, 1.165) is 17.3 Å². The van der Waals surface area contributed by atoms with Crippen LogP contribution in [-0.2, 0) is 9.59 Å². The Morgan fingerprint density at radius 3 is 2.23 bits per heavy atom. The molecule has 4 rings (SSSR count). The van der Waals surface area contributed by atoms with E-state index in [-0.39, 0.29) is 23.2 Å². The lowest BCUT2D eigenvalue weighted by molar-refractivity contribution is -0.146. The molecular formula is C17H16BrNO3. The number of halogens is 1. The first-order valence-electron chi connectivity index (χ1n) is 7.50. The van der Waals surface area contributed by atoms with Gasteiger partial charge in [0.25, 0.3) is 0 Å². The number of rotatable bonds is 3. The molecule has 3 aliphatic rings. The van der Waals surface area contributed by atoms with Crippen LogP contribution >= 0.6 is 15.9 Å². The van der Waals surface area contributed by atoms with Gasteiger partial charge in [-0.05, 0) is 54.4 Å². The number of aliphatic carboxylic acids is 1. The Morgan fingerprint density at radius 2 is 1.68 bits per heavy atom. The van der Waals surface area contributed by atoms with Crippen molar-refractivity contribution >= 4 is 33.5 Å².